The highest BCUT2D eigenvalue weighted by molar-refractivity contribution is 5.62. The van der Waals surface area contributed by atoms with Gasteiger partial charge in [0.2, 0.25) is 0 Å². The molecule has 188 valence electrons. The summed E-state index contributed by atoms with van der Waals surface area (Å²) in [5, 5.41) is 20.6. The molecule has 1 aliphatic heterocycles. The summed E-state index contributed by atoms with van der Waals surface area (Å²) in [7, 11) is 0. The smallest absolute Gasteiger partial charge is 0.162 e. The second-order valence-corrected chi connectivity index (χ2v) is 9.49. The molecule has 34 heavy (non-hydrogen) atoms. The number of phenolic OH excluding ortho intramolecular Hbond substituents is 2. The number of anilines is 2. The molecule has 4 atom stereocenters. The topological polar surface area (TPSA) is 65.4 Å². The summed E-state index contributed by atoms with van der Waals surface area (Å²) in [5.74, 6) is 1.44. The van der Waals surface area contributed by atoms with E-state index in [0.29, 0.717) is 24.7 Å². The van der Waals surface area contributed by atoms with Crippen molar-refractivity contribution in [3.63, 3.8) is 0 Å². The van der Waals surface area contributed by atoms with E-state index in [4.69, 9.17) is 9.47 Å². The van der Waals surface area contributed by atoms with Gasteiger partial charge in [-0.2, -0.15) is 0 Å². The Hall–Kier alpha value is -2.76. The number of ether oxygens (including phenoxy) is 2. The SMILES string of the molecule is CCCCOc1cc(N2C(C)C(C)N(c3ccc(O)c(OCCCC)c3)C(C)C2C)ccc1O. The van der Waals surface area contributed by atoms with E-state index >= 15 is 0 Å². The standard InChI is InChI=1S/C28H42N2O4/c1-7-9-15-33-27-17-23(11-13-25(27)31)29-19(3)21(5)30(22(6)20(29)4)24-12-14-26(32)28(18-24)34-16-10-8-2/h11-14,17-22,31-32H,7-10,15-16H2,1-6H3. The highest BCUT2D eigenvalue weighted by Crippen LogP contribution is 2.40. The van der Waals surface area contributed by atoms with E-state index < -0.39 is 0 Å². The van der Waals surface area contributed by atoms with E-state index in [2.05, 4.69) is 51.3 Å². The van der Waals surface area contributed by atoms with Crippen molar-refractivity contribution in [2.24, 2.45) is 0 Å². The summed E-state index contributed by atoms with van der Waals surface area (Å²) >= 11 is 0. The van der Waals surface area contributed by atoms with Crippen LogP contribution in [0, 0.1) is 0 Å². The Balaban J connectivity index is 1.86. The molecule has 2 N–H and O–H groups in total. The van der Waals surface area contributed by atoms with Gasteiger partial charge in [0.1, 0.15) is 0 Å². The van der Waals surface area contributed by atoms with Crippen molar-refractivity contribution in [1.29, 1.82) is 0 Å². The minimum absolute atomic E-state index is 0.180. The van der Waals surface area contributed by atoms with Gasteiger partial charge in [-0.05, 0) is 64.8 Å². The molecule has 0 bridgehead atoms. The lowest BCUT2D eigenvalue weighted by atomic mass is 9.92. The van der Waals surface area contributed by atoms with Crippen molar-refractivity contribution in [1.82, 2.24) is 0 Å². The van der Waals surface area contributed by atoms with Crippen molar-refractivity contribution in [2.75, 3.05) is 23.0 Å². The number of rotatable bonds is 10. The summed E-state index contributed by atoms with van der Waals surface area (Å²) in [5.41, 5.74) is 2.11. The molecule has 6 heteroatoms. The third-order valence-electron chi connectivity index (χ3n) is 7.15. The van der Waals surface area contributed by atoms with Gasteiger partial charge in [-0.3, -0.25) is 0 Å². The number of unbranched alkanes of at least 4 members (excludes halogenated alkanes) is 2. The Labute approximate surface area is 205 Å². The van der Waals surface area contributed by atoms with Crippen molar-refractivity contribution in [3.8, 4) is 23.0 Å². The van der Waals surface area contributed by atoms with Gasteiger partial charge in [0.05, 0.1) is 13.2 Å². The predicted octanol–water partition coefficient (Wildman–Crippen LogP) is 6.34. The van der Waals surface area contributed by atoms with Crippen molar-refractivity contribution >= 4 is 11.4 Å². The highest BCUT2D eigenvalue weighted by atomic mass is 16.5. The van der Waals surface area contributed by atoms with Gasteiger partial charge in [-0.15, -0.1) is 0 Å². The van der Waals surface area contributed by atoms with Crippen LogP contribution in [-0.4, -0.2) is 47.6 Å². The van der Waals surface area contributed by atoms with Crippen LogP contribution in [0.1, 0.15) is 67.2 Å². The zero-order valence-electron chi connectivity index (χ0n) is 21.6. The predicted molar refractivity (Wildman–Crippen MR) is 140 cm³/mol. The van der Waals surface area contributed by atoms with E-state index in [1.54, 1.807) is 12.1 Å². The monoisotopic (exact) mass is 470 g/mol. The van der Waals surface area contributed by atoms with Gasteiger partial charge in [0.15, 0.2) is 23.0 Å². The first-order valence-corrected chi connectivity index (χ1v) is 12.8. The quantitative estimate of drug-likeness (QED) is 0.395. The third kappa shape index (κ3) is 5.48. The maximum atomic E-state index is 10.3. The van der Waals surface area contributed by atoms with Gasteiger partial charge in [-0.1, -0.05) is 26.7 Å². The maximum Gasteiger partial charge on any atom is 0.162 e. The molecule has 1 aliphatic rings. The molecule has 6 nitrogen and oxygen atoms in total. The third-order valence-corrected chi connectivity index (χ3v) is 7.15. The van der Waals surface area contributed by atoms with Crippen LogP contribution in [0.3, 0.4) is 0 Å². The molecular formula is C28H42N2O4. The lowest BCUT2D eigenvalue weighted by Crippen LogP contribution is -2.66. The van der Waals surface area contributed by atoms with Crippen molar-refractivity contribution in [2.45, 2.75) is 91.4 Å². The maximum absolute atomic E-state index is 10.3. The van der Waals surface area contributed by atoms with Crippen LogP contribution in [0.5, 0.6) is 23.0 Å². The Bertz CT molecular complexity index is 843. The van der Waals surface area contributed by atoms with Crippen molar-refractivity contribution < 1.29 is 19.7 Å². The van der Waals surface area contributed by atoms with E-state index in [9.17, 15) is 10.2 Å². The van der Waals surface area contributed by atoms with Crippen LogP contribution < -0.4 is 19.3 Å². The first-order valence-electron chi connectivity index (χ1n) is 12.8. The zero-order chi connectivity index (χ0) is 24.8. The minimum atomic E-state index is 0.180. The molecule has 1 saturated heterocycles. The van der Waals surface area contributed by atoms with Crippen LogP contribution in [0.15, 0.2) is 36.4 Å². The van der Waals surface area contributed by atoms with Gasteiger partial charge in [-0.25, -0.2) is 0 Å². The number of benzene rings is 2. The highest BCUT2D eigenvalue weighted by Gasteiger charge is 2.40. The van der Waals surface area contributed by atoms with E-state index in [1.807, 2.05) is 24.3 Å². The molecule has 3 rings (SSSR count). The molecule has 0 saturated carbocycles. The summed E-state index contributed by atoms with van der Waals surface area (Å²) in [6, 6.07) is 12.2. The molecule has 0 radical (unpaired) electrons. The van der Waals surface area contributed by atoms with Gasteiger partial charge < -0.3 is 29.5 Å². The average molecular weight is 471 g/mol. The van der Waals surface area contributed by atoms with E-state index in [0.717, 1.165) is 37.1 Å². The lowest BCUT2D eigenvalue weighted by Gasteiger charge is -2.55. The summed E-state index contributed by atoms with van der Waals surface area (Å²) in [6.07, 6.45) is 4.02. The summed E-state index contributed by atoms with van der Waals surface area (Å²) in [6.45, 7) is 14.4. The average Bonchev–Trinajstić information content (AvgIpc) is 2.82. The largest absolute Gasteiger partial charge is 0.504 e. The Morgan fingerprint density at radius 2 is 1.00 bits per heavy atom. The van der Waals surface area contributed by atoms with Crippen LogP contribution in [-0.2, 0) is 0 Å². The van der Waals surface area contributed by atoms with Gasteiger partial charge >= 0.3 is 0 Å². The van der Waals surface area contributed by atoms with Crippen molar-refractivity contribution in [3.05, 3.63) is 36.4 Å². The molecule has 0 aromatic heterocycles. The number of phenols is 2. The van der Waals surface area contributed by atoms with Crippen LogP contribution in [0.2, 0.25) is 0 Å². The second-order valence-electron chi connectivity index (χ2n) is 9.49. The summed E-state index contributed by atoms with van der Waals surface area (Å²) < 4.78 is 11.7. The Morgan fingerprint density at radius 1 is 0.647 bits per heavy atom. The molecule has 2 aromatic rings. The zero-order valence-corrected chi connectivity index (χ0v) is 21.6. The molecule has 1 fully saturated rings. The first-order chi connectivity index (χ1) is 16.3. The van der Waals surface area contributed by atoms with Crippen LogP contribution in [0.25, 0.3) is 0 Å². The van der Waals surface area contributed by atoms with Crippen LogP contribution >= 0.6 is 0 Å². The number of piperazine rings is 1. The fraction of sp³-hybridized carbons (Fsp3) is 0.571. The number of hydrogen-bond donors (Lipinski definition) is 2. The first kappa shape index (κ1) is 25.9. The molecule has 0 amide bonds. The molecule has 1 heterocycles. The number of nitrogens with zero attached hydrogens (tertiary/aromatic N) is 2. The lowest BCUT2D eigenvalue weighted by molar-refractivity contribution is 0.291. The molecule has 0 aliphatic carbocycles. The van der Waals surface area contributed by atoms with Gasteiger partial charge in [0.25, 0.3) is 0 Å². The molecule has 4 unspecified atom stereocenters. The molecule has 2 aromatic carbocycles. The van der Waals surface area contributed by atoms with Crippen LogP contribution in [0.4, 0.5) is 11.4 Å². The number of aromatic hydroxyl groups is 2. The number of hydrogen-bond acceptors (Lipinski definition) is 6. The Kier molecular flexibility index (Phi) is 8.81. The normalized spacial score (nSPS) is 22.6. The molecular weight excluding hydrogens is 428 g/mol. The summed E-state index contributed by atoms with van der Waals surface area (Å²) in [4.78, 5) is 4.86. The minimum Gasteiger partial charge on any atom is -0.504 e. The van der Waals surface area contributed by atoms with Gasteiger partial charge in [0, 0.05) is 47.7 Å². The van der Waals surface area contributed by atoms with E-state index in [-0.39, 0.29) is 35.7 Å². The van der Waals surface area contributed by atoms with E-state index in [1.165, 1.54) is 0 Å². The fourth-order valence-electron chi connectivity index (χ4n) is 4.82. The fourth-order valence-corrected chi connectivity index (χ4v) is 4.82. The second kappa shape index (κ2) is 11.6. The molecule has 0 spiro atoms. The Morgan fingerprint density at radius 3 is 1.32 bits per heavy atom.